The predicted molar refractivity (Wildman–Crippen MR) is 112 cm³/mol. The number of ether oxygens (including phenoxy) is 1. The van der Waals surface area contributed by atoms with Gasteiger partial charge in [-0.25, -0.2) is 0 Å². The SMILES string of the molecule is O=C(NCC1OCCc2ccccc21)c1ccc(NC(=O)c2ccccc2)cc1. The minimum Gasteiger partial charge on any atom is -0.371 e. The van der Waals surface area contributed by atoms with Gasteiger partial charge in [-0.05, 0) is 53.9 Å². The quantitative estimate of drug-likeness (QED) is 0.697. The molecule has 5 heteroatoms. The van der Waals surface area contributed by atoms with Gasteiger partial charge in [0, 0.05) is 23.4 Å². The molecule has 1 atom stereocenters. The highest BCUT2D eigenvalue weighted by molar-refractivity contribution is 6.04. The zero-order chi connectivity index (χ0) is 20.1. The van der Waals surface area contributed by atoms with Crippen LogP contribution >= 0.6 is 0 Å². The maximum Gasteiger partial charge on any atom is 0.255 e. The molecule has 146 valence electrons. The highest BCUT2D eigenvalue weighted by atomic mass is 16.5. The van der Waals surface area contributed by atoms with Crippen molar-refractivity contribution in [2.45, 2.75) is 12.5 Å². The first kappa shape index (κ1) is 18.9. The standard InChI is InChI=1S/C24H22N2O3/c27-23(25-16-22-21-9-5-4-6-17(21)14-15-29-22)19-10-12-20(13-11-19)26-24(28)18-7-2-1-3-8-18/h1-13,22H,14-16H2,(H,25,27)(H,26,28). The Bertz CT molecular complexity index is 1000. The zero-order valence-corrected chi connectivity index (χ0v) is 15.9. The summed E-state index contributed by atoms with van der Waals surface area (Å²) in [4.78, 5) is 24.7. The molecule has 0 aliphatic carbocycles. The number of hydrogen-bond donors (Lipinski definition) is 2. The van der Waals surface area contributed by atoms with Crippen molar-refractivity contribution in [3.05, 3.63) is 101 Å². The van der Waals surface area contributed by atoms with Gasteiger partial charge in [-0.15, -0.1) is 0 Å². The topological polar surface area (TPSA) is 67.4 Å². The third-order valence-electron chi connectivity index (χ3n) is 4.98. The fourth-order valence-electron chi connectivity index (χ4n) is 3.43. The average Bonchev–Trinajstić information content (AvgIpc) is 2.78. The second-order valence-corrected chi connectivity index (χ2v) is 6.92. The zero-order valence-electron chi connectivity index (χ0n) is 15.9. The molecule has 29 heavy (non-hydrogen) atoms. The molecule has 1 heterocycles. The lowest BCUT2D eigenvalue weighted by molar-refractivity contribution is 0.0411. The third-order valence-corrected chi connectivity index (χ3v) is 4.98. The van der Waals surface area contributed by atoms with E-state index in [0.29, 0.717) is 30.0 Å². The Morgan fingerprint density at radius 1 is 0.828 bits per heavy atom. The van der Waals surface area contributed by atoms with Gasteiger partial charge in [-0.2, -0.15) is 0 Å². The number of amides is 2. The van der Waals surface area contributed by atoms with E-state index < -0.39 is 0 Å². The lowest BCUT2D eigenvalue weighted by atomic mass is 9.97. The molecule has 0 radical (unpaired) electrons. The highest BCUT2D eigenvalue weighted by Gasteiger charge is 2.21. The van der Waals surface area contributed by atoms with Crippen LogP contribution in [-0.2, 0) is 11.2 Å². The van der Waals surface area contributed by atoms with Gasteiger partial charge in [-0.1, -0.05) is 42.5 Å². The number of fused-ring (bicyclic) bond motifs is 1. The van der Waals surface area contributed by atoms with Crippen LogP contribution in [0.25, 0.3) is 0 Å². The number of benzene rings is 3. The molecule has 0 bridgehead atoms. The second-order valence-electron chi connectivity index (χ2n) is 6.92. The normalized spacial score (nSPS) is 15.2. The van der Waals surface area contributed by atoms with Crippen molar-refractivity contribution in [2.24, 2.45) is 0 Å². The molecule has 0 fully saturated rings. The molecular weight excluding hydrogens is 364 g/mol. The maximum absolute atomic E-state index is 12.5. The van der Waals surface area contributed by atoms with Crippen molar-refractivity contribution in [3.8, 4) is 0 Å². The predicted octanol–water partition coefficient (Wildman–Crippen LogP) is 3.98. The molecule has 3 aromatic carbocycles. The number of carbonyl (C=O) groups is 2. The maximum atomic E-state index is 12.5. The van der Waals surface area contributed by atoms with E-state index in [0.717, 1.165) is 12.0 Å². The van der Waals surface area contributed by atoms with Crippen LogP contribution in [0.4, 0.5) is 5.69 Å². The molecule has 0 aromatic heterocycles. The molecule has 4 rings (SSSR count). The van der Waals surface area contributed by atoms with Gasteiger partial charge in [-0.3, -0.25) is 9.59 Å². The Hall–Kier alpha value is -3.44. The third kappa shape index (κ3) is 4.52. The summed E-state index contributed by atoms with van der Waals surface area (Å²) in [6.07, 6.45) is 0.768. The van der Waals surface area contributed by atoms with Crippen LogP contribution in [0.2, 0.25) is 0 Å². The van der Waals surface area contributed by atoms with Crippen molar-refractivity contribution in [1.29, 1.82) is 0 Å². The Labute approximate surface area is 169 Å². The number of anilines is 1. The summed E-state index contributed by atoms with van der Waals surface area (Å²) in [6, 6.07) is 24.0. The summed E-state index contributed by atoms with van der Waals surface area (Å²) in [7, 11) is 0. The van der Waals surface area contributed by atoms with Crippen LogP contribution in [0, 0.1) is 0 Å². The summed E-state index contributed by atoms with van der Waals surface area (Å²) in [5.74, 6) is -0.353. The van der Waals surface area contributed by atoms with Gasteiger partial charge < -0.3 is 15.4 Å². The van der Waals surface area contributed by atoms with Crippen molar-refractivity contribution in [2.75, 3.05) is 18.5 Å². The monoisotopic (exact) mass is 386 g/mol. The lowest BCUT2D eigenvalue weighted by Gasteiger charge is -2.26. The molecule has 0 spiro atoms. The van der Waals surface area contributed by atoms with Gasteiger partial charge in [0.25, 0.3) is 11.8 Å². The summed E-state index contributed by atoms with van der Waals surface area (Å²) in [5.41, 5.74) is 4.17. The minimum absolute atomic E-state index is 0.131. The van der Waals surface area contributed by atoms with Crippen molar-refractivity contribution in [1.82, 2.24) is 5.32 Å². The van der Waals surface area contributed by atoms with Gasteiger partial charge in [0.2, 0.25) is 0 Å². The lowest BCUT2D eigenvalue weighted by Crippen LogP contribution is -2.31. The van der Waals surface area contributed by atoms with Gasteiger partial charge >= 0.3 is 0 Å². The molecule has 0 saturated carbocycles. The highest BCUT2D eigenvalue weighted by Crippen LogP contribution is 2.26. The molecular formula is C24H22N2O3. The van der Waals surface area contributed by atoms with E-state index in [1.807, 2.05) is 30.3 Å². The van der Waals surface area contributed by atoms with Gasteiger partial charge in [0.15, 0.2) is 0 Å². The van der Waals surface area contributed by atoms with E-state index in [2.05, 4.69) is 22.8 Å². The van der Waals surface area contributed by atoms with E-state index in [1.165, 1.54) is 5.56 Å². The number of carbonyl (C=O) groups excluding carboxylic acids is 2. The molecule has 3 aromatic rings. The summed E-state index contributed by atoms with van der Waals surface area (Å²) in [5, 5.41) is 5.77. The van der Waals surface area contributed by atoms with E-state index in [4.69, 9.17) is 4.74 Å². The van der Waals surface area contributed by atoms with Gasteiger partial charge in [0.05, 0.1) is 6.61 Å². The second kappa shape index (κ2) is 8.71. The van der Waals surface area contributed by atoms with Gasteiger partial charge in [0.1, 0.15) is 6.10 Å². The largest absolute Gasteiger partial charge is 0.371 e. The molecule has 0 saturated heterocycles. The van der Waals surface area contributed by atoms with Crippen LogP contribution < -0.4 is 10.6 Å². The first-order valence-corrected chi connectivity index (χ1v) is 9.65. The molecule has 5 nitrogen and oxygen atoms in total. The van der Waals surface area contributed by atoms with E-state index in [-0.39, 0.29) is 17.9 Å². The Morgan fingerprint density at radius 2 is 1.52 bits per heavy atom. The van der Waals surface area contributed by atoms with E-state index in [1.54, 1.807) is 36.4 Å². The van der Waals surface area contributed by atoms with E-state index in [9.17, 15) is 9.59 Å². The van der Waals surface area contributed by atoms with Crippen LogP contribution in [-0.4, -0.2) is 25.0 Å². The number of rotatable bonds is 5. The van der Waals surface area contributed by atoms with Crippen LogP contribution in [0.1, 0.15) is 37.9 Å². The van der Waals surface area contributed by atoms with Crippen molar-refractivity contribution < 1.29 is 14.3 Å². The molecule has 1 aliphatic rings. The fraction of sp³-hybridized carbons (Fsp3) is 0.167. The van der Waals surface area contributed by atoms with Crippen molar-refractivity contribution in [3.63, 3.8) is 0 Å². The molecule has 1 aliphatic heterocycles. The fourth-order valence-corrected chi connectivity index (χ4v) is 3.43. The Kier molecular flexibility index (Phi) is 5.68. The van der Waals surface area contributed by atoms with Crippen molar-refractivity contribution >= 4 is 17.5 Å². The summed E-state index contributed by atoms with van der Waals surface area (Å²) in [6.45, 7) is 1.08. The summed E-state index contributed by atoms with van der Waals surface area (Å²) < 4.78 is 5.83. The molecule has 2 amide bonds. The number of nitrogens with one attached hydrogen (secondary N) is 2. The Balaban J connectivity index is 1.35. The smallest absolute Gasteiger partial charge is 0.255 e. The minimum atomic E-state index is -0.184. The Morgan fingerprint density at radius 3 is 2.31 bits per heavy atom. The van der Waals surface area contributed by atoms with Crippen LogP contribution in [0.15, 0.2) is 78.9 Å². The summed E-state index contributed by atoms with van der Waals surface area (Å²) >= 11 is 0. The average molecular weight is 386 g/mol. The van der Waals surface area contributed by atoms with Crippen LogP contribution in [0.3, 0.4) is 0 Å². The first-order valence-electron chi connectivity index (χ1n) is 9.65. The molecule has 1 unspecified atom stereocenters. The molecule has 2 N–H and O–H groups in total. The first-order chi connectivity index (χ1) is 14.2. The van der Waals surface area contributed by atoms with E-state index >= 15 is 0 Å². The number of hydrogen-bond acceptors (Lipinski definition) is 3. The van der Waals surface area contributed by atoms with Crippen LogP contribution in [0.5, 0.6) is 0 Å².